The number of aliphatic hydroxyl groups is 1. The highest BCUT2D eigenvalue weighted by atomic mass is 28.3. The van der Waals surface area contributed by atoms with Gasteiger partial charge in [-0.15, -0.1) is 0 Å². The highest BCUT2D eigenvalue weighted by molar-refractivity contribution is 6.76. The molecule has 1 atom stereocenters. The first-order valence-corrected chi connectivity index (χ1v) is 11.2. The van der Waals surface area contributed by atoms with Gasteiger partial charge < -0.3 is 14.6 Å². The summed E-state index contributed by atoms with van der Waals surface area (Å²) in [5, 5.41) is 9.93. The second-order valence-corrected chi connectivity index (χ2v) is 12.2. The summed E-state index contributed by atoms with van der Waals surface area (Å²) in [7, 11) is -1.29. The predicted molar refractivity (Wildman–Crippen MR) is 83.2 cm³/mol. The van der Waals surface area contributed by atoms with Crippen LogP contribution in [0.5, 0.6) is 0 Å². The van der Waals surface area contributed by atoms with Gasteiger partial charge in [-0.25, -0.2) is 4.79 Å². The molecule has 1 aliphatic heterocycles. The Hall–Kier alpha value is -1.63. The van der Waals surface area contributed by atoms with Crippen molar-refractivity contribution in [2.45, 2.75) is 58.0 Å². The zero-order chi connectivity index (χ0) is 16.9. The molecule has 1 rings (SSSR count). The first-order chi connectivity index (χ1) is 10.2. The number of aliphatic hydroxyl groups excluding tert-OH is 1. The molecule has 124 valence electrons. The third-order valence-electron chi connectivity index (χ3n) is 3.24. The molecule has 0 radical (unpaired) electrons. The van der Waals surface area contributed by atoms with Crippen LogP contribution < -0.4 is 0 Å². The van der Waals surface area contributed by atoms with E-state index >= 15 is 0 Å². The molecular weight excluding hydrogens is 304 g/mol. The quantitative estimate of drug-likeness (QED) is 0.418. The minimum atomic E-state index is -1.29. The number of ether oxygens (including phenoxy) is 2. The SMILES string of the molecule is CCCC(=O)C1=C(O)[C@H](CC(=O)OCC[Si](C)(C)C)OC1=O. The number of Topliss-reactive ketones (excluding diaryl/α,β-unsaturated/α-hetero) is 1. The van der Waals surface area contributed by atoms with Gasteiger partial charge in [0.05, 0.1) is 13.0 Å². The van der Waals surface area contributed by atoms with Crippen LogP contribution in [0.4, 0.5) is 0 Å². The van der Waals surface area contributed by atoms with Crippen LogP contribution in [0.25, 0.3) is 0 Å². The van der Waals surface area contributed by atoms with Crippen molar-refractivity contribution in [2.75, 3.05) is 6.61 Å². The van der Waals surface area contributed by atoms with E-state index in [-0.39, 0.29) is 18.4 Å². The smallest absolute Gasteiger partial charge is 0.346 e. The van der Waals surface area contributed by atoms with E-state index in [0.29, 0.717) is 13.0 Å². The van der Waals surface area contributed by atoms with Crippen molar-refractivity contribution in [3.63, 3.8) is 0 Å². The maximum Gasteiger partial charge on any atom is 0.346 e. The van der Waals surface area contributed by atoms with Crippen LogP contribution in [-0.4, -0.2) is 43.6 Å². The molecule has 0 unspecified atom stereocenters. The Balaban J connectivity index is 2.58. The maximum atomic E-state index is 11.7. The van der Waals surface area contributed by atoms with Crippen LogP contribution >= 0.6 is 0 Å². The summed E-state index contributed by atoms with van der Waals surface area (Å²) >= 11 is 0. The fraction of sp³-hybridized carbons (Fsp3) is 0.667. The van der Waals surface area contributed by atoms with E-state index in [9.17, 15) is 19.5 Å². The third-order valence-corrected chi connectivity index (χ3v) is 4.94. The highest BCUT2D eigenvalue weighted by Gasteiger charge is 2.39. The lowest BCUT2D eigenvalue weighted by Crippen LogP contribution is -2.24. The number of hydrogen-bond donors (Lipinski definition) is 1. The first kappa shape index (κ1) is 18.4. The van der Waals surface area contributed by atoms with Gasteiger partial charge in [-0.1, -0.05) is 26.6 Å². The summed E-state index contributed by atoms with van der Waals surface area (Å²) in [6.07, 6.45) is -0.664. The topological polar surface area (TPSA) is 89.9 Å². The molecular formula is C15H24O6Si. The summed E-state index contributed by atoms with van der Waals surface area (Å²) in [5.41, 5.74) is -0.332. The van der Waals surface area contributed by atoms with E-state index in [1.807, 2.05) is 0 Å². The zero-order valence-corrected chi connectivity index (χ0v) is 14.6. The van der Waals surface area contributed by atoms with E-state index in [1.54, 1.807) is 6.92 Å². The molecule has 0 bridgehead atoms. The van der Waals surface area contributed by atoms with Gasteiger partial charge in [0.15, 0.2) is 17.6 Å². The summed E-state index contributed by atoms with van der Waals surface area (Å²) < 4.78 is 9.99. The van der Waals surface area contributed by atoms with Gasteiger partial charge in [-0.2, -0.15) is 0 Å². The maximum absolute atomic E-state index is 11.7. The molecule has 0 aromatic heterocycles. The van der Waals surface area contributed by atoms with Crippen LogP contribution in [0.15, 0.2) is 11.3 Å². The summed E-state index contributed by atoms with van der Waals surface area (Å²) in [6, 6.07) is 0.839. The molecule has 0 aliphatic carbocycles. The lowest BCUT2D eigenvalue weighted by Gasteiger charge is -2.16. The second kappa shape index (κ2) is 7.58. The van der Waals surface area contributed by atoms with Crippen LogP contribution in [-0.2, 0) is 23.9 Å². The average Bonchev–Trinajstić information content (AvgIpc) is 2.63. The lowest BCUT2D eigenvalue weighted by molar-refractivity contribution is -0.149. The number of ketones is 1. The van der Waals surface area contributed by atoms with Crippen molar-refractivity contribution < 1.29 is 29.0 Å². The number of esters is 2. The standard InChI is InChI=1S/C15H24O6Si/c1-5-6-10(16)13-14(18)11(21-15(13)19)9-12(17)20-7-8-22(2,3)4/h11,18H,5-9H2,1-4H3/t11-/m0/s1. The number of carbonyl (C=O) groups is 3. The number of hydrogen-bond acceptors (Lipinski definition) is 6. The number of rotatable bonds is 8. The summed E-state index contributed by atoms with van der Waals surface area (Å²) in [4.78, 5) is 35.1. The molecule has 6 nitrogen and oxygen atoms in total. The second-order valence-electron chi connectivity index (χ2n) is 6.56. The molecule has 0 spiro atoms. The van der Waals surface area contributed by atoms with Crippen LogP contribution in [0.2, 0.25) is 25.7 Å². The average molecular weight is 328 g/mol. The van der Waals surface area contributed by atoms with Gasteiger partial charge in [0.2, 0.25) is 0 Å². The van der Waals surface area contributed by atoms with E-state index in [1.165, 1.54) is 0 Å². The van der Waals surface area contributed by atoms with Crippen molar-refractivity contribution in [3.8, 4) is 0 Å². The van der Waals surface area contributed by atoms with Crippen molar-refractivity contribution in [1.82, 2.24) is 0 Å². The molecule has 1 aliphatic rings. The van der Waals surface area contributed by atoms with Crippen molar-refractivity contribution in [2.24, 2.45) is 0 Å². The van der Waals surface area contributed by atoms with Crippen molar-refractivity contribution in [3.05, 3.63) is 11.3 Å². The van der Waals surface area contributed by atoms with Gasteiger partial charge in [-0.3, -0.25) is 9.59 Å². The Morgan fingerprint density at radius 3 is 2.50 bits per heavy atom. The molecule has 22 heavy (non-hydrogen) atoms. The van der Waals surface area contributed by atoms with Gasteiger partial charge >= 0.3 is 11.9 Å². The Kier molecular flexibility index (Phi) is 6.34. The molecule has 1 N–H and O–H groups in total. The number of cyclic esters (lactones) is 1. The fourth-order valence-corrected chi connectivity index (χ4v) is 2.65. The van der Waals surface area contributed by atoms with Gasteiger partial charge in [0.1, 0.15) is 5.57 Å². The van der Waals surface area contributed by atoms with E-state index in [2.05, 4.69) is 19.6 Å². The highest BCUT2D eigenvalue weighted by Crippen LogP contribution is 2.25. The van der Waals surface area contributed by atoms with E-state index in [0.717, 1.165) is 6.04 Å². The predicted octanol–water partition coefficient (Wildman–Crippen LogP) is 2.36. The molecule has 7 heteroatoms. The van der Waals surface area contributed by atoms with Crippen LogP contribution in [0.1, 0.15) is 26.2 Å². The Morgan fingerprint density at radius 2 is 1.95 bits per heavy atom. The first-order valence-electron chi connectivity index (χ1n) is 7.48. The summed E-state index contributed by atoms with van der Waals surface area (Å²) in [6.45, 7) is 8.61. The summed E-state index contributed by atoms with van der Waals surface area (Å²) in [5.74, 6) is -2.33. The molecule has 0 fully saturated rings. The van der Waals surface area contributed by atoms with Crippen LogP contribution in [0, 0.1) is 0 Å². The monoisotopic (exact) mass is 328 g/mol. The van der Waals surface area contributed by atoms with E-state index in [4.69, 9.17) is 9.47 Å². The normalized spacial score (nSPS) is 18.4. The fourth-order valence-electron chi connectivity index (χ4n) is 1.94. The molecule has 0 amide bonds. The molecule has 0 aromatic rings. The molecule has 0 saturated heterocycles. The largest absolute Gasteiger partial charge is 0.507 e. The lowest BCUT2D eigenvalue weighted by atomic mass is 10.1. The van der Waals surface area contributed by atoms with Gasteiger partial charge in [0, 0.05) is 14.5 Å². The van der Waals surface area contributed by atoms with Crippen molar-refractivity contribution >= 4 is 25.8 Å². The molecule has 1 heterocycles. The van der Waals surface area contributed by atoms with Crippen molar-refractivity contribution in [1.29, 1.82) is 0 Å². The zero-order valence-electron chi connectivity index (χ0n) is 13.6. The number of carbonyl (C=O) groups excluding carboxylic acids is 3. The third kappa shape index (κ3) is 5.29. The van der Waals surface area contributed by atoms with Gasteiger partial charge in [-0.05, 0) is 12.5 Å². The Morgan fingerprint density at radius 1 is 1.32 bits per heavy atom. The van der Waals surface area contributed by atoms with E-state index < -0.39 is 37.7 Å². The molecule has 0 saturated carbocycles. The minimum absolute atomic E-state index is 0.155. The van der Waals surface area contributed by atoms with Crippen LogP contribution in [0.3, 0.4) is 0 Å². The Labute approximate surface area is 131 Å². The minimum Gasteiger partial charge on any atom is -0.507 e. The Bertz CT molecular complexity index is 489. The van der Waals surface area contributed by atoms with Gasteiger partial charge in [0.25, 0.3) is 0 Å². The molecule has 0 aromatic carbocycles.